The molecular weight excluding hydrogens is 456 g/mol. The first kappa shape index (κ1) is 21.3. The first-order valence-corrected chi connectivity index (χ1v) is 12.1. The lowest BCUT2D eigenvalue weighted by Gasteiger charge is -2.56. The molecule has 0 amide bonds. The summed E-state index contributed by atoms with van der Waals surface area (Å²) in [6.45, 7) is 3.41. The highest BCUT2D eigenvalue weighted by Gasteiger charge is 2.44. The Hall–Kier alpha value is -4.05. The molecule has 8 rings (SSSR count). The fourth-order valence-corrected chi connectivity index (χ4v) is 5.60. The number of piperidine rings is 1. The fraction of sp³-hybridized carbons (Fsp3) is 0.346. The van der Waals surface area contributed by atoms with Crippen LogP contribution in [0.4, 0.5) is 5.82 Å². The normalized spacial score (nSPS) is 20.4. The van der Waals surface area contributed by atoms with Crippen LogP contribution in [-0.2, 0) is 13.1 Å². The molecule has 0 spiro atoms. The average molecular weight is 483 g/mol. The van der Waals surface area contributed by atoms with E-state index < -0.39 is 0 Å². The Kier molecular flexibility index (Phi) is 4.88. The number of aliphatic imine (C=N–C) groups is 1. The van der Waals surface area contributed by atoms with Gasteiger partial charge in [0.15, 0.2) is 0 Å². The van der Waals surface area contributed by atoms with E-state index in [-0.39, 0.29) is 0 Å². The summed E-state index contributed by atoms with van der Waals surface area (Å²) in [6, 6.07) is 7.04. The second kappa shape index (κ2) is 8.27. The molecule has 4 aromatic heterocycles. The molecule has 4 aromatic rings. The molecule has 2 bridgehead atoms. The van der Waals surface area contributed by atoms with E-state index >= 15 is 0 Å². The van der Waals surface area contributed by atoms with Gasteiger partial charge in [-0.3, -0.25) is 14.9 Å². The molecule has 0 N–H and O–H groups in total. The maximum atomic E-state index is 5.52. The van der Waals surface area contributed by atoms with Gasteiger partial charge >= 0.3 is 0 Å². The summed E-state index contributed by atoms with van der Waals surface area (Å²) in [7, 11) is 3.30. The minimum Gasteiger partial charge on any atom is -0.495 e. The Morgan fingerprint density at radius 1 is 1.00 bits per heavy atom. The van der Waals surface area contributed by atoms with Crippen molar-refractivity contribution in [2.45, 2.75) is 31.6 Å². The van der Waals surface area contributed by atoms with Gasteiger partial charge in [-0.2, -0.15) is 5.10 Å². The molecule has 4 aliphatic heterocycles. The molecule has 0 saturated carbocycles. The van der Waals surface area contributed by atoms with Gasteiger partial charge in [0.2, 0.25) is 5.88 Å². The average Bonchev–Trinajstić information content (AvgIpc) is 3.53. The van der Waals surface area contributed by atoms with Gasteiger partial charge in [0.05, 0.1) is 56.3 Å². The van der Waals surface area contributed by atoms with Crippen LogP contribution in [0.1, 0.15) is 23.2 Å². The van der Waals surface area contributed by atoms with Crippen LogP contribution in [0.5, 0.6) is 11.6 Å². The van der Waals surface area contributed by atoms with Crippen molar-refractivity contribution >= 4 is 17.5 Å². The molecule has 3 fully saturated rings. The molecule has 2 unspecified atom stereocenters. The van der Waals surface area contributed by atoms with E-state index in [4.69, 9.17) is 19.4 Å². The Morgan fingerprint density at radius 3 is 2.61 bits per heavy atom. The number of anilines is 1. The van der Waals surface area contributed by atoms with E-state index in [1.54, 1.807) is 14.2 Å². The molecule has 2 atom stereocenters. The summed E-state index contributed by atoms with van der Waals surface area (Å²) in [5, 5.41) is 4.68. The molecule has 10 nitrogen and oxygen atoms in total. The number of ether oxygens (including phenoxy) is 2. The number of hydrogen-bond acceptors (Lipinski definition) is 9. The lowest BCUT2D eigenvalue weighted by molar-refractivity contribution is -0.00879. The lowest BCUT2D eigenvalue weighted by atomic mass is 9.87. The third kappa shape index (κ3) is 3.40. The third-order valence-electron chi connectivity index (χ3n) is 7.47. The SMILES string of the molecule is COc1cc(-c2cnc(N3CC4CC(C3)N4Cc3ccc(OC)nc3)cn2)c2c3c(nn2c1)CN=C3. The van der Waals surface area contributed by atoms with E-state index in [0.717, 1.165) is 59.2 Å². The highest BCUT2D eigenvalue weighted by molar-refractivity contribution is 5.99. The van der Waals surface area contributed by atoms with E-state index in [2.05, 4.69) is 30.9 Å². The topological polar surface area (TPSA) is 93.3 Å². The lowest BCUT2D eigenvalue weighted by Crippen LogP contribution is -2.68. The van der Waals surface area contributed by atoms with Crippen LogP contribution in [0.2, 0.25) is 0 Å². The predicted molar refractivity (Wildman–Crippen MR) is 135 cm³/mol. The zero-order valence-corrected chi connectivity index (χ0v) is 20.2. The van der Waals surface area contributed by atoms with E-state index in [9.17, 15) is 0 Å². The molecule has 0 radical (unpaired) electrons. The summed E-state index contributed by atoms with van der Waals surface area (Å²) in [6.07, 6.45) is 10.7. The van der Waals surface area contributed by atoms with Gasteiger partial charge in [0.25, 0.3) is 0 Å². The number of piperazine rings is 1. The van der Waals surface area contributed by atoms with Crippen LogP contribution < -0.4 is 14.4 Å². The van der Waals surface area contributed by atoms with Crippen LogP contribution in [0, 0.1) is 0 Å². The zero-order valence-electron chi connectivity index (χ0n) is 20.2. The largest absolute Gasteiger partial charge is 0.495 e. The van der Waals surface area contributed by atoms with Crippen molar-refractivity contribution < 1.29 is 9.47 Å². The molecule has 10 heteroatoms. The molecule has 0 aromatic carbocycles. The number of pyridine rings is 2. The van der Waals surface area contributed by atoms with Crippen LogP contribution in [0.25, 0.3) is 16.8 Å². The van der Waals surface area contributed by atoms with Crippen molar-refractivity contribution in [3.8, 4) is 22.9 Å². The summed E-state index contributed by atoms with van der Waals surface area (Å²) in [4.78, 5) is 23.3. The maximum Gasteiger partial charge on any atom is 0.212 e. The van der Waals surface area contributed by atoms with Crippen LogP contribution in [-0.4, -0.2) is 75.1 Å². The number of rotatable bonds is 6. The van der Waals surface area contributed by atoms with Crippen LogP contribution in [0.15, 0.2) is 48.0 Å². The number of nitrogens with zero attached hydrogens (tertiary/aromatic N) is 8. The number of hydrogen-bond donors (Lipinski definition) is 0. The van der Waals surface area contributed by atoms with Gasteiger partial charge in [-0.15, -0.1) is 0 Å². The number of methoxy groups -OCH3 is 2. The Bertz CT molecular complexity index is 1450. The van der Waals surface area contributed by atoms with E-state index in [0.29, 0.717) is 24.5 Å². The Balaban J connectivity index is 1.10. The first-order valence-electron chi connectivity index (χ1n) is 12.1. The molecule has 0 aliphatic carbocycles. The fourth-order valence-electron chi connectivity index (χ4n) is 5.60. The standard InChI is InChI=1S/C26H26N8O2/c1-35-19-6-20(26-21-8-27-9-23(21)31-34(26)15-19)22-10-29-24(11-28-22)32-13-17-5-18(14-32)33(17)12-16-3-4-25(36-2)30-7-16/h3-4,6-8,10-11,15,17-18H,5,9,12-14H2,1-2H3. The van der Waals surface area contributed by atoms with Crippen molar-refractivity contribution in [2.24, 2.45) is 4.99 Å². The molecule has 3 saturated heterocycles. The van der Waals surface area contributed by atoms with Gasteiger partial charge in [0, 0.05) is 61.3 Å². The number of fused-ring (bicyclic) bond motifs is 5. The van der Waals surface area contributed by atoms with Gasteiger partial charge in [-0.1, -0.05) is 6.07 Å². The summed E-state index contributed by atoms with van der Waals surface area (Å²) >= 11 is 0. The minimum atomic E-state index is 0.513. The monoisotopic (exact) mass is 482 g/mol. The van der Waals surface area contributed by atoms with Gasteiger partial charge in [-0.05, 0) is 18.1 Å². The maximum absolute atomic E-state index is 5.52. The second-order valence-corrected chi connectivity index (χ2v) is 9.51. The predicted octanol–water partition coefficient (Wildman–Crippen LogP) is 2.60. The van der Waals surface area contributed by atoms with Gasteiger partial charge in [0.1, 0.15) is 11.6 Å². The molecule has 8 heterocycles. The highest BCUT2D eigenvalue weighted by atomic mass is 16.5. The Labute approximate surface area is 208 Å². The molecular formula is C26H26N8O2. The summed E-state index contributed by atoms with van der Waals surface area (Å²) in [5.41, 5.74) is 5.94. The highest BCUT2D eigenvalue weighted by Crippen LogP contribution is 2.36. The van der Waals surface area contributed by atoms with Gasteiger partial charge < -0.3 is 14.4 Å². The zero-order chi connectivity index (χ0) is 24.2. The second-order valence-electron chi connectivity index (χ2n) is 9.51. The van der Waals surface area contributed by atoms with Crippen LogP contribution >= 0.6 is 0 Å². The molecule has 182 valence electrons. The molecule has 36 heavy (non-hydrogen) atoms. The van der Waals surface area contributed by atoms with Crippen LogP contribution in [0.3, 0.4) is 0 Å². The van der Waals surface area contributed by atoms with Crippen molar-refractivity contribution in [1.29, 1.82) is 0 Å². The van der Waals surface area contributed by atoms with E-state index in [1.165, 1.54) is 12.0 Å². The van der Waals surface area contributed by atoms with Crippen molar-refractivity contribution in [2.75, 3.05) is 32.2 Å². The summed E-state index contributed by atoms with van der Waals surface area (Å²) < 4.78 is 12.6. The van der Waals surface area contributed by atoms with E-state index in [1.807, 2.05) is 47.7 Å². The number of aromatic nitrogens is 5. The Morgan fingerprint density at radius 2 is 1.89 bits per heavy atom. The summed E-state index contributed by atoms with van der Waals surface area (Å²) in [5.74, 6) is 2.29. The first-order chi connectivity index (χ1) is 17.7. The smallest absolute Gasteiger partial charge is 0.212 e. The molecule has 4 aliphatic rings. The van der Waals surface area contributed by atoms with Crippen molar-refractivity contribution in [3.63, 3.8) is 0 Å². The third-order valence-corrected chi connectivity index (χ3v) is 7.47. The quantitative estimate of drug-likeness (QED) is 0.414. The van der Waals surface area contributed by atoms with Crippen molar-refractivity contribution in [3.05, 3.63) is 59.8 Å². The van der Waals surface area contributed by atoms with Crippen molar-refractivity contribution in [1.82, 2.24) is 29.5 Å². The minimum absolute atomic E-state index is 0.513. The van der Waals surface area contributed by atoms with Gasteiger partial charge in [-0.25, -0.2) is 14.5 Å².